The fourth-order valence-corrected chi connectivity index (χ4v) is 1.22. The highest BCUT2D eigenvalue weighted by molar-refractivity contribution is 5.28. The van der Waals surface area contributed by atoms with E-state index in [1.54, 1.807) is 12.5 Å². The first-order valence-electron chi connectivity index (χ1n) is 4.15. The molecule has 0 saturated carbocycles. The Hall–Kier alpha value is -1.71. The number of aryl methyl sites for hydroxylation is 2. The summed E-state index contributed by atoms with van der Waals surface area (Å²) in [5.41, 5.74) is 7.71. The molecule has 4 heteroatoms. The normalized spacial score (nSPS) is 10.5. The number of H-pyrrole nitrogens is 1. The lowest BCUT2D eigenvalue weighted by molar-refractivity contribution is 0.563. The number of hydrogen-bond acceptors (Lipinski definition) is 3. The maximum Gasteiger partial charge on any atom is 0.145 e. The van der Waals surface area contributed by atoms with Crippen LogP contribution in [-0.2, 0) is 12.8 Å². The number of anilines is 1. The largest absolute Gasteiger partial charge is 0.472 e. The number of aromatic amines is 1. The molecule has 0 atom stereocenters. The van der Waals surface area contributed by atoms with E-state index in [1.165, 1.54) is 5.56 Å². The summed E-state index contributed by atoms with van der Waals surface area (Å²) in [6.07, 6.45) is 5.28. The third kappa shape index (κ3) is 1.90. The van der Waals surface area contributed by atoms with Crippen molar-refractivity contribution in [3.05, 3.63) is 35.9 Å². The standard InChI is InChI=1S/C9H11N3O/c10-9-5-8(11-12-9)2-1-7-3-4-13-6-7/h3-6H,1-2H2,(H3,10,11,12). The molecule has 0 fully saturated rings. The summed E-state index contributed by atoms with van der Waals surface area (Å²) >= 11 is 0. The summed E-state index contributed by atoms with van der Waals surface area (Å²) in [6.45, 7) is 0. The van der Waals surface area contributed by atoms with Crippen molar-refractivity contribution in [3.8, 4) is 0 Å². The van der Waals surface area contributed by atoms with Gasteiger partial charge in [0, 0.05) is 11.8 Å². The van der Waals surface area contributed by atoms with Crippen molar-refractivity contribution in [2.24, 2.45) is 0 Å². The van der Waals surface area contributed by atoms with Crippen molar-refractivity contribution in [3.63, 3.8) is 0 Å². The van der Waals surface area contributed by atoms with E-state index in [-0.39, 0.29) is 0 Å². The second kappa shape index (κ2) is 3.35. The minimum absolute atomic E-state index is 0.544. The van der Waals surface area contributed by atoms with Crippen molar-refractivity contribution >= 4 is 5.82 Å². The molecule has 0 aliphatic heterocycles. The van der Waals surface area contributed by atoms with Gasteiger partial charge in [0.25, 0.3) is 0 Å². The zero-order chi connectivity index (χ0) is 9.10. The lowest BCUT2D eigenvalue weighted by atomic mass is 10.1. The molecule has 2 aromatic heterocycles. The average Bonchev–Trinajstić information content (AvgIpc) is 2.71. The summed E-state index contributed by atoms with van der Waals surface area (Å²) in [7, 11) is 0. The van der Waals surface area contributed by atoms with Gasteiger partial charge in [-0.2, -0.15) is 5.10 Å². The predicted octanol–water partition coefficient (Wildman–Crippen LogP) is 1.37. The number of hydrogen-bond donors (Lipinski definition) is 2. The van der Waals surface area contributed by atoms with E-state index in [0.29, 0.717) is 5.82 Å². The van der Waals surface area contributed by atoms with Gasteiger partial charge < -0.3 is 10.2 Å². The SMILES string of the molecule is Nc1cc(CCc2ccoc2)[nH]n1. The topological polar surface area (TPSA) is 67.8 Å². The average molecular weight is 177 g/mol. The highest BCUT2D eigenvalue weighted by Gasteiger charge is 1.99. The van der Waals surface area contributed by atoms with Crippen LogP contribution in [0.2, 0.25) is 0 Å². The van der Waals surface area contributed by atoms with E-state index in [9.17, 15) is 0 Å². The number of nitrogens with zero attached hydrogens (tertiary/aromatic N) is 1. The van der Waals surface area contributed by atoms with E-state index in [2.05, 4.69) is 10.2 Å². The summed E-state index contributed by atoms with van der Waals surface area (Å²) < 4.78 is 4.96. The van der Waals surface area contributed by atoms with E-state index >= 15 is 0 Å². The van der Waals surface area contributed by atoms with Crippen LogP contribution < -0.4 is 5.73 Å². The van der Waals surface area contributed by atoms with Crippen LogP contribution in [0.1, 0.15) is 11.3 Å². The van der Waals surface area contributed by atoms with Gasteiger partial charge >= 0.3 is 0 Å². The van der Waals surface area contributed by atoms with Crippen LogP contribution in [0.15, 0.2) is 29.1 Å². The molecule has 0 aromatic carbocycles. The molecule has 4 nitrogen and oxygen atoms in total. The van der Waals surface area contributed by atoms with Crippen LogP contribution in [0.3, 0.4) is 0 Å². The lowest BCUT2D eigenvalue weighted by Gasteiger charge is -1.92. The molecular weight excluding hydrogens is 166 g/mol. The Morgan fingerprint density at radius 1 is 1.46 bits per heavy atom. The molecule has 3 N–H and O–H groups in total. The highest BCUT2D eigenvalue weighted by Crippen LogP contribution is 2.07. The minimum atomic E-state index is 0.544. The van der Waals surface area contributed by atoms with Gasteiger partial charge in [0.2, 0.25) is 0 Å². The Morgan fingerprint density at radius 2 is 2.38 bits per heavy atom. The molecule has 0 aliphatic carbocycles. The van der Waals surface area contributed by atoms with Gasteiger partial charge in [-0.25, -0.2) is 0 Å². The number of furan rings is 1. The lowest BCUT2D eigenvalue weighted by Crippen LogP contribution is -1.89. The van der Waals surface area contributed by atoms with E-state index < -0.39 is 0 Å². The zero-order valence-electron chi connectivity index (χ0n) is 7.16. The number of nitrogen functional groups attached to an aromatic ring is 1. The predicted molar refractivity (Wildman–Crippen MR) is 49.1 cm³/mol. The smallest absolute Gasteiger partial charge is 0.145 e. The Balaban J connectivity index is 1.93. The fraction of sp³-hybridized carbons (Fsp3) is 0.222. The molecule has 0 spiro atoms. The van der Waals surface area contributed by atoms with Crippen LogP contribution in [-0.4, -0.2) is 10.2 Å². The van der Waals surface area contributed by atoms with E-state index in [4.69, 9.17) is 10.2 Å². The van der Waals surface area contributed by atoms with Gasteiger partial charge in [0.1, 0.15) is 5.82 Å². The number of nitrogens with one attached hydrogen (secondary N) is 1. The Labute approximate surface area is 75.7 Å². The van der Waals surface area contributed by atoms with Crippen LogP contribution in [0.25, 0.3) is 0 Å². The quantitative estimate of drug-likeness (QED) is 0.744. The summed E-state index contributed by atoms with van der Waals surface area (Å²) in [5.74, 6) is 0.544. The monoisotopic (exact) mass is 177 g/mol. The van der Waals surface area contributed by atoms with E-state index in [1.807, 2.05) is 12.1 Å². The molecule has 2 heterocycles. The molecular formula is C9H11N3O. The number of nitrogens with two attached hydrogens (primary N) is 1. The first-order chi connectivity index (χ1) is 6.34. The van der Waals surface area contributed by atoms with Crippen molar-refractivity contribution in [1.82, 2.24) is 10.2 Å². The maximum absolute atomic E-state index is 5.47. The third-order valence-corrected chi connectivity index (χ3v) is 1.91. The fourth-order valence-electron chi connectivity index (χ4n) is 1.22. The Bertz CT molecular complexity index is 364. The summed E-state index contributed by atoms with van der Waals surface area (Å²) in [4.78, 5) is 0. The first-order valence-corrected chi connectivity index (χ1v) is 4.15. The third-order valence-electron chi connectivity index (χ3n) is 1.91. The minimum Gasteiger partial charge on any atom is -0.472 e. The van der Waals surface area contributed by atoms with Crippen molar-refractivity contribution < 1.29 is 4.42 Å². The molecule has 0 radical (unpaired) electrons. The van der Waals surface area contributed by atoms with Gasteiger partial charge in [-0.15, -0.1) is 0 Å². The first kappa shape index (κ1) is 7.91. The maximum atomic E-state index is 5.47. The second-order valence-corrected chi connectivity index (χ2v) is 2.95. The molecule has 0 aliphatic rings. The highest BCUT2D eigenvalue weighted by atomic mass is 16.3. The zero-order valence-corrected chi connectivity index (χ0v) is 7.16. The van der Waals surface area contributed by atoms with Crippen molar-refractivity contribution in [1.29, 1.82) is 0 Å². The molecule has 0 amide bonds. The van der Waals surface area contributed by atoms with Crippen LogP contribution in [0, 0.1) is 0 Å². The summed E-state index contributed by atoms with van der Waals surface area (Å²) in [6, 6.07) is 3.81. The van der Waals surface area contributed by atoms with Crippen LogP contribution in [0.4, 0.5) is 5.82 Å². The van der Waals surface area contributed by atoms with Crippen molar-refractivity contribution in [2.75, 3.05) is 5.73 Å². The number of rotatable bonds is 3. The van der Waals surface area contributed by atoms with Gasteiger partial charge in [0.15, 0.2) is 0 Å². The second-order valence-electron chi connectivity index (χ2n) is 2.95. The Kier molecular flexibility index (Phi) is 2.04. The van der Waals surface area contributed by atoms with Crippen LogP contribution >= 0.6 is 0 Å². The van der Waals surface area contributed by atoms with Gasteiger partial charge in [-0.3, -0.25) is 5.10 Å². The Morgan fingerprint density at radius 3 is 3.00 bits per heavy atom. The number of aromatic nitrogens is 2. The van der Waals surface area contributed by atoms with Crippen LogP contribution in [0.5, 0.6) is 0 Å². The molecule has 0 unspecified atom stereocenters. The summed E-state index contributed by atoms with van der Waals surface area (Å²) in [5, 5.41) is 6.71. The molecule has 2 rings (SSSR count). The molecule has 0 bridgehead atoms. The van der Waals surface area contributed by atoms with Crippen molar-refractivity contribution in [2.45, 2.75) is 12.8 Å². The van der Waals surface area contributed by atoms with E-state index in [0.717, 1.165) is 18.5 Å². The molecule has 0 saturated heterocycles. The molecule has 68 valence electrons. The molecule has 13 heavy (non-hydrogen) atoms. The van der Waals surface area contributed by atoms with Gasteiger partial charge in [-0.1, -0.05) is 0 Å². The van der Waals surface area contributed by atoms with Gasteiger partial charge in [-0.05, 0) is 24.5 Å². The molecule has 2 aromatic rings. The van der Waals surface area contributed by atoms with Gasteiger partial charge in [0.05, 0.1) is 12.5 Å².